The van der Waals surface area contributed by atoms with E-state index in [1.54, 1.807) is 4.57 Å². The van der Waals surface area contributed by atoms with Crippen LogP contribution in [0.25, 0.3) is 17.0 Å². The average Bonchev–Trinajstić information content (AvgIpc) is 3.36. The molecule has 154 valence electrons. The smallest absolute Gasteiger partial charge is 0.328 e. The first kappa shape index (κ1) is 19.6. The fourth-order valence-corrected chi connectivity index (χ4v) is 4.48. The molecule has 0 amide bonds. The molecule has 1 aromatic heterocycles. The van der Waals surface area contributed by atoms with Crippen molar-refractivity contribution in [1.82, 2.24) is 4.57 Å². The highest BCUT2D eigenvalue weighted by Gasteiger charge is 2.32. The molecule has 1 saturated carbocycles. The largest absolute Gasteiger partial charge is 0.478 e. The number of halogens is 1. The number of hydrogen-bond acceptors (Lipinski definition) is 4. The van der Waals surface area contributed by atoms with Crippen LogP contribution >= 0.6 is 0 Å². The van der Waals surface area contributed by atoms with E-state index in [1.807, 2.05) is 18.7 Å². The summed E-state index contributed by atoms with van der Waals surface area (Å²) in [5, 5.41) is 9.54. The molecule has 0 radical (unpaired) electrons. The molecule has 1 unspecified atom stereocenters. The van der Waals surface area contributed by atoms with Gasteiger partial charge in [0.1, 0.15) is 5.82 Å². The maximum Gasteiger partial charge on any atom is 0.328 e. The van der Waals surface area contributed by atoms with E-state index in [-0.39, 0.29) is 23.5 Å². The second-order valence-corrected chi connectivity index (χ2v) is 8.29. The fourth-order valence-electron chi connectivity index (χ4n) is 4.48. The van der Waals surface area contributed by atoms with Crippen molar-refractivity contribution in [2.45, 2.75) is 45.2 Å². The molecular weight excluding hydrogens is 373 g/mol. The lowest BCUT2D eigenvalue weighted by atomic mass is 10.0. The summed E-state index contributed by atoms with van der Waals surface area (Å²) < 4.78 is 17.0. The molecule has 1 aliphatic carbocycles. The number of aryl methyl sites for hydroxylation is 1. The molecule has 1 saturated heterocycles. The zero-order valence-corrected chi connectivity index (χ0v) is 16.7. The Morgan fingerprint density at radius 3 is 2.66 bits per heavy atom. The minimum atomic E-state index is -1.11. The first-order valence-electron chi connectivity index (χ1n) is 10.1. The lowest BCUT2D eigenvalue weighted by molar-refractivity contribution is -0.131. The Hall–Kier alpha value is -2.67. The Morgan fingerprint density at radius 2 is 2.07 bits per heavy atom. The lowest BCUT2D eigenvalue weighted by Crippen LogP contribution is -2.30. The van der Waals surface area contributed by atoms with Gasteiger partial charge in [-0.3, -0.25) is 4.79 Å². The minimum absolute atomic E-state index is 0.0428. The highest BCUT2D eigenvalue weighted by molar-refractivity contribution is 5.96. The number of fused-ring (bicyclic) bond motifs is 1. The van der Waals surface area contributed by atoms with Gasteiger partial charge in [0.15, 0.2) is 0 Å². The summed E-state index contributed by atoms with van der Waals surface area (Å²) in [6.07, 6.45) is 5.09. The van der Waals surface area contributed by atoms with Crippen molar-refractivity contribution in [1.29, 1.82) is 0 Å². The van der Waals surface area contributed by atoms with Crippen molar-refractivity contribution < 1.29 is 14.3 Å². The van der Waals surface area contributed by atoms with Crippen LogP contribution in [-0.4, -0.2) is 34.8 Å². The number of pyridine rings is 1. The summed E-state index contributed by atoms with van der Waals surface area (Å²) in [5.41, 5.74) is 8.24. The Morgan fingerprint density at radius 1 is 1.34 bits per heavy atom. The van der Waals surface area contributed by atoms with Crippen molar-refractivity contribution in [3.05, 3.63) is 45.5 Å². The number of carboxylic acid groups (broad SMARTS) is 1. The standard InChI is InChI=1S/C22H26FN3O3/c1-12-21-17(10-18(23)22(12)25-8-7-15(11-25)13(2)24)14(3-6-20(28)29)9-19(27)26(21)16-4-5-16/h3,6,9-10,13,15-16H,4-5,7-8,11,24H2,1-2H3,(H,28,29)/b6-3+/t13-,15?/m0/s1. The maximum absolute atomic E-state index is 15.3. The average molecular weight is 399 g/mol. The number of carbonyl (C=O) groups is 1. The molecule has 0 bridgehead atoms. The zero-order valence-electron chi connectivity index (χ0n) is 16.7. The third-order valence-corrected chi connectivity index (χ3v) is 6.13. The van der Waals surface area contributed by atoms with Crippen molar-refractivity contribution in [2.75, 3.05) is 18.0 Å². The third-order valence-electron chi connectivity index (χ3n) is 6.13. The quantitative estimate of drug-likeness (QED) is 0.755. The van der Waals surface area contributed by atoms with Crippen molar-refractivity contribution in [3.8, 4) is 0 Å². The van der Waals surface area contributed by atoms with E-state index in [9.17, 15) is 9.59 Å². The summed E-state index contributed by atoms with van der Waals surface area (Å²) >= 11 is 0. The monoisotopic (exact) mass is 399 g/mol. The van der Waals surface area contributed by atoms with Gasteiger partial charge in [0.25, 0.3) is 5.56 Å². The number of anilines is 1. The number of nitrogens with two attached hydrogens (primary N) is 1. The Labute approximate surface area is 168 Å². The summed E-state index contributed by atoms with van der Waals surface area (Å²) in [7, 11) is 0. The topological polar surface area (TPSA) is 88.6 Å². The number of rotatable bonds is 5. The lowest BCUT2D eigenvalue weighted by Gasteiger charge is -2.25. The number of aliphatic carboxylic acids is 1. The number of nitrogens with zero attached hydrogens (tertiary/aromatic N) is 2. The molecule has 7 heteroatoms. The van der Waals surface area contributed by atoms with Gasteiger partial charge in [-0.15, -0.1) is 0 Å². The van der Waals surface area contributed by atoms with Crippen LogP contribution in [-0.2, 0) is 4.79 Å². The first-order valence-corrected chi connectivity index (χ1v) is 10.1. The van der Waals surface area contributed by atoms with Crippen molar-refractivity contribution >= 4 is 28.6 Å². The van der Waals surface area contributed by atoms with E-state index in [0.29, 0.717) is 34.6 Å². The summed E-state index contributed by atoms with van der Waals surface area (Å²) in [5.74, 6) is -1.16. The van der Waals surface area contributed by atoms with Crippen LogP contribution in [0.1, 0.15) is 43.4 Å². The van der Waals surface area contributed by atoms with Crippen LogP contribution in [0.5, 0.6) is 0 Å². The molecule has 4 rings (SSSR count). The second-order valence-electron chi connectivity index (χ2n) is 8.29. The molecule has 1 aliphatic heterocycles. The Balaban J connectivity index is 1.93. The van der Waals surface area contributed by atoms with Gasteiger partial charge in [-0.1, -0.05) is 0 Å². The zero-order chi connectivity index (χ0) is 20.9. The highest BCUT2D eigenvalue weighted by Crippen LogP contribution is 2.41. The molecule has 0 spiro atoms. The van der Waals surface area contributed by atoms with Gasteiger partial charge < -0.3 is 20.3 Å². The van der Waals surface area contributed by atoms with Gasteiger partial charge in [0.2, 0.25) is 0 Å². The molecular formula is C22H26FN3O3. The second kappa shape index (κ2) is 7.30. The third kappa shape index (κ3) is 3.55. The van der Waals surface area contributed by atoms with Gasteiger partial charge >= 0.3 is 5.97 Å². The Bertz CT molecular complexity index is 1070. The van der Waals surface area contributed by atoms with E-state index >= 15 is 4.39 Å². The number of hydrogen-bond donors (Lipinski definition) is 2. The molecule has 1 aromatic carbocycles. The predicted molar refractivity (Wildman–Crippen MR) is 112 cm³/mol. The van der Waals surface area contributed by atoms with Gasteiger partial charge in [0, 0.05) is 42.7 Å². The number of carboxylic acids is 1. The van der Waals surface area contributed by atoms with E-state index in [1.165, 1.54) is 18.2 Å². The Kier molecular flexibility index (Phi) is 4.94. The van der Waals surface area contributed by atoms with Crippen LogP contribution in [0, 0.1) is 18.7 Å². The molecule has 29 heavy (non-hydrogen) atoms. The van der Waals surface area contributed by atoms with Crippen LogP contribution in [0.15, 0.2) is 23.0 Å². The number of benzene rings is 1. The normalized spacial score (nSPS) is 20.7. The molecule has 2 fully saturated rings. The summed E-state index contributed by atoms with van der Waals surface area (Å²) in [4.78, 5) is 25.8. The molecule has 3 N–H and O–H groups in total. The van der Waals surface area contributed by atoms with Gasteiger partial charge in [-0.2, -0.15) is 0 Å². The van der Waals surface area contributed by atoms with Crippen LogP contribution in [0.4, 0.5) is 10.1 Å². The fraction of sp³-hybridized carbons (Fsp3) is 0.455. The molecule has 6 nitrogen and oxygen atoms in total. The predicted octanol–water partition coefficient (Wildman–Crippen LogP) is 3.06. The van der Waals surface area contributed by atoms with E-state index < -0.39 is 5.97 Å². The van der Waals surface area contributed by atoms with Crippen LogP contribution in [0.3, 0.4) is 0 Å². The van der Waals surface area contributed by atoms with Crippen LogP contribution in [0.2, 0.25) is 0 Å². The molecule has 2 atom stereocenters. The van der Waals surface area contributed by atoms with Gasteiger partial charge in [-0.25, -0.2) is 9.18 Å². The highest BCUT2D eigenvalue weighted by atomic mass is 19.1. The van der Waals surface area contributed by atoms with Gasteiger partial charge in [-0.05, 0) is 62.3 Å². The summed E-state index contributed by atoms with van der Waals surface area (Å²) in [6.45, 7) is 5.24. The SMILES string of the molecule is Cc1c(N2CCC([C@H](C)N)C2)c(F)cc2c(/C=C/C(=O)O)cc(=O)n(C3CC3)c12. The van der Waals surface area contributed by atoms with E-state index in [2.05, 4.69) is 0 Å². The maximum atomic E-state index is 15.3. The van der Waals surface area contributed by atoms with E-state index in [4.69, 9.17) is 10.8 Å². The van der Waals surface area contributed by atoms with Crippen molar-refractivity contribution in [2.24, 2.45) is 11.7 Å². The number of aromatic nitrogens is 1. The first-order chi connectivity index (χ1) is 13.8. The molecule has 2 aliphatic rings. The van der Waals surface area contributed by atoms with Crippen molar-refractivity contribution in [3.63, 3.8) is 0 Å². The van der Waals surface area contributed by atoms with E-state index in [0.717, 1.165) is 37.4 Å². The van der Waals surface area contributed by atoms with Gasteiger partial charge in [0.05, 0.1) is 11.2 Å². The minimum Gasteiger partial charge on any atom is -0.478 e. The van der Waals surface area contributed by atoms with Crippen LogP contribution < -0.4 is 16.2 Å². The summed E-state index contributed by atoms with van der Waals surface area (Å²) in [6, 6.07) is 3.01. The molecule has 2 aromatic rings. The molecule has 2 heterocycles.